The molecular weight excluding hydrogens is 170 g/mol. The van der Waals surface area contributed by atoms with Crippen LogP contribution in [0, 0.1) is 0 Å². The van der Waals surface area contributed by atoms with Gasteiger partial charge in [-0.05, 0) is 12.5 Å². The summed E-state index contributed by atoms with van der Waals surface area (Å²) >= 11 is 0. The number of quaternary nitrogens is 1. The molecule has 0 rings (SSSR count). The van der Waals surface area contributed by atoms with Gasteiger partial charge in [-0.3, -0.25) is 0 Å². The van der Waals surface area contributed by atoms with E-state index in [0.717, 1.165) is 0 Å². The molecule has 0 amide bonds. The van der Waals surface area contributed by atoms with Gasteiger partial charge in [-0.25, -0.2) is 0 Å². The van der Waals surface area contributed by atoms with E-state index < -0.39 is 0 Å². The highest BCUT2D eigenvalue weighted by Gasteiger charge is 1.98. The Labute approximate surface area is 82.8 Å². The van der Waals surface area contributed by atoms with E-state index in [-0.39, 0.29) is 12.4 Å². The van der Waals surface area contributed by atoms with E-state index in [1.807, 2.05) is 6.08 Å². The molecule has 0 aromatic rings. The first-order valence-electron chi connectivity index (χ1n) is 4.77. The fourth-order valence-corrected chi connectivity index (χ4v) is 1.13. The molecule has 0 bridgehead atoms. The van der Waals surface area contributed by atoms with E-state index in [4.69, 9.17) is 0 Å². The summed E-state index contributed by atoms with van der Waals surface area (Å²) in [5.74, 6) is 0. The Kier molecular flexibility index (Phi) is 13.3. The van der Waals surface area contributed by atoms with E-state index in [1.54, 1.807) is 0 Å². The summed E-state index contributed by atoms with van der Waals surface area (Å²) in [5.41, 5.74) is 3.96. The first-order chi connectivity index (χ1) is 5.31. The largest absolute Gasteiger partial charge is 1.00 e. The van der Waals surface area contributed by atoms with Crippen molar-refractivity contribution in [2.24, 2.45) is 0 Å². The van der Waals surface area contributed by atoms with Gasteiger partial charge in [0.2, 0.25) is 0 Å². The molecule has 0 spiro atoms. The highest BCUT2D eigenvalue weighted by atomic mass is 35.5. The van der Waals surface area contributed by atoms with Crippen molar-refractivity contribution in [3.05, 3.63) is 12.7 Å². The van der Waals surface area contributed by atoms with E-state index in [1.165, 1.54) is 38.5 Å². The maximum Gasteiger partial charge on any atom is 0.103 e. The Balaban J connectivity index is 0. The second-order valence-electron chi connectivity index (χ2n) is 3.20. The molecule has 0 aromatic heterocycles. The molecule has 1 nitrogen and oxygen atoms in total. The number of hydrogen-bond donors (Lipinski definition) is 1. The predicted molar refractivity (Wildman–Crippen MR) is 50.2 cm³/mol. The average molecular weight is 192 g/mol. The number of halogens is 1. The maximum absolute atomic E-state index is 3.96. The predicted octanol–water partition coefficient (Wildman–Crippen LogP) is -0.853. The maximum atomic E-state index is 3.96. The minimum absolute atomic E-state index is 0. The van der Waals surface area contributed by atoms with Crippen molar-refractivity contribution in [1.29, 1.82) is 0 Å². The van der Waals surface area contributed by atoms with E-state index in [0.29, 0.717) is 6.04 Å². The minimum Gasteiger partial charge on any atom is -1.00 e. The summed E-state index contributed by atoms with van der Waals surface area (Å²) in [7, 11) is 0. The second kappa shape index (κ2) is 11.0. The lowest BCUT2D eigenvalue weighted by atomic mass is 10.1. The van der Waals surface area contributed by atoms with Gasteiger partial charge in [0.15, 0.2) is 0 Å². The van der Waals surface area contributed by atoms with Crippen LogP contribution in [0.1, 0.15) is 45.4 Å². The fourth-order valence-electron chi connectivity index (χ4n) is 1.13. The van der Waals surface area contributed by atoms with Gasteiger partial charge < -0.3 is 18.1 Å². The fraction of sp³-hybridized carbons (Fsp3) is 0.800. The van der Waals surface area contributed by atoms with Gasteiger partial charge in [-0.15, -0.1) is 0 Å². The molecule has 0 radical (unpaired) electrons. The normalized spacial score (nSPS) is 11.8. The van der Waals surface area contributed by atoms with E-state index in [9.17, 15) is 0 Å². The molecule has 0 saturated carbocycles. The van der Waals surface area contributed by atoms with Crippen molar-refractivity contribution in [2.45, 2.75) is 51.5 Å². The Morgan fingerprint density at radius 2 is 1.83 bits per heavy atom. The lowest BCUT2D eigenvalue weighted by Gasteiger charge is -2.01. The van der Waals surface area contributed by atoms with Gasteiger partial charge in [0, 0.05) is 6.42 Å². The van der Waals surface area contributed by atoms with Crippen LogP contribution in [0.5, 0.6) is 0 Å². The second-order valence-corrected chi connectivity index (χ2v) is 3.20. The van der Waals surface area contributed by atoms with Gasteiger partial charge in [-0.1, -0.05) is 39.2 Å². The lowest BCUT2D eigenvalue weighted by Crippen LogP contribution is -3.00. The van der Waals surface area contributed by atoms with Crippen LogP contribution in [-0.2, 0) is 0 Å². The third-order valence-electron chi connectivity index (χ3n) is 2.01. The van der Waals surface area contributed by atoms with Gasteiger partial charge >= 0.3 is 0 Å². The molecule has 0 unspecified atom stereocenters. The molecule has 0 saturated heterocycles. The molecule has 0 aliphatic rings. The highest BCUT2D eigenvalue weighted by Crippen LogP contribution is 2.05. The SMILES string of the molecule is C=C[C@H]([NH3+])CCCCCCC.[Cl-]. The van der Waals surface area contributed by atoms with Crippen molar-refractivity contribution in [3.63, 3.8) is 0 Å². The summed E-state index contributed by atoms with van der Waals surface area (Å²) in [4.78, 5) is 0. The average Bonchev–Trinajstić information content (AvgIpc) is 2.04. The zero-order chi connectivity index (χ0) is 8.53. The van der Waals surface area contributed by atoms with Crippen LogP contribution >= 0.6 is 0 Å². The Morgan fingerprint density at radius 3 is 2.33 bits per heavy atom. The molecule has 3 N–H and O–H groups in total. The monoisotopic (exact) mass is 191 g/mol. The van der Waals surface area contributed by atoms with Crippen LogP contribution < -0.4 is 18.1 Å². The van der Waals surface area contributed by atoms with Crippen LogP contribution in [-0.4, -0.2) is 6.04 Å². The Morgan fingerprint density at radius 1 is 1.25 bits per heavy atom. The Bertz CT molecular complexity index is 93.8. The quantitative estimate of drug-likeness (QED) is 0.401. The summed E-state index contributed by atoms with van der Waals surface area (Å²) in [6, 6.07) is 0.469. The molecule has 0 aliphatic carbocycles. The van der Waals surface area contributed by atoms with Crippen molar-refractivity contribution in [2.75, 3.05) is 0 Å². The molecule has 2 heteroatoms. The molecule has 0 fully saturated rings. The number of unbranched alkanes of at least 4 members (excludes halogenated alkanes) is 4. The number of hydrogen-bond acceptors (Lipinski definition) is 0. The van der Waals surface area contributed by atoms with Crippen LogP contribution in [0.3, 0.4) is 0 Å². The molecule has 0 heterocycles. The van der Waals surface area contributed by atoms with Gasteiger partial charge in [-0.2, -0.15) is 0 Å². The topological polar surface area (TPSA) is 27.6 Å². The number of rotatable bonds is 7. The summed E-state index contributed by atoms with van der Waals surface area (Å²) in [6.07, 6.45) is 9.95. The van der Waals surface area contributed by atoms with Gasteiger partial charge in [0.1, 0.15) is 6.04 Å². The van der Waals surface area contributed by atoms with Crippen LogP contribution in [0.25, 0.3) is 0 Å². The minimum atomic E-state index is 0. The first-order valence-corrected chi connectivity index (χ1v) is 4.77. The molecular formula is C10H22ClN. The van der Waals surface area contributed by atoms with Crippen LogP contribution in [0.4, 0.5) is 0 Å². The third-order valence-corrected chi connectivity index (χ3v) is 2.01. The smallest absolute Gasteiger partial charge is 0.103 e. The van der Waals surface area contributed by atoms with E-state index in [2.05, 4.69) is 19.2 Å². The van der Waals surface area contributed by atoms with Gasteiger partial charge in [0.05, 0.1) is 0 Å². The molecule has 0 aromatic carbocycles. The summed E-state index contributed by atoms with van der Waals surface area (Å²) < 4.78 is 0. The zero-order valence-electron chi connectivity index (χ0n) is 8.19. The zero-order valence-corrected chi connectivity index (χ0v) is 8.95. The third kappa shape index (κ3) is 9.99. The summed E-state index contributed by atoms with van der Waals surface area (Å²) in [6.45, 7) is 5.96. The van der Waals surface area contributed by atoms with Crippen LogP contribution in [0.2, 0.25) is 0 Å². The van der Waals surface area contributed by atoms with Crippen molar-refractivity contribution >= 4 is 0 Å². The molecule has 74 valence electrons. The van der Waals surface area contributed by atoms with E-state index >= 15 is 0 Å². The standard InChI is InChI=1S/C10H21N.ClH/c1-3-5-6-7-8-9-10(11)4-2;/h4,10H,2-3,5-9,11H2,1H3;1H/t10-;/m0./s1. The highest BCUT2D eigenvalue weighted by molar-refractivity contribution is 4.75. The molecule has 12 heavy (non-hydrogen) atoms. The molecule has 0 aliphatic heterocycles. The van der Waals surface area contributed by atoms with Crippen LogP contribution in [0.15, 0.2) is 12.7 Å². The molecule has 1 atom stereocenters. The van der Waals surface area contributed by atoms with Crippen molar-refractivity contribution in [3.8, 4) is 0 Å². The van der Waals surface area contributed by atoms with Gasteiger partial charge in [0.25, 0.3) is 0 Å². The Hall–Kier alpha value is -0.0100. The lowest BCUT2D eigenvalue weighted by molar-refractivity contribution is -0.404. The van der Waals surface area contributed by atoms with Crippen molar-refractivity contribution in [1.82, 2.24) is 0 Å². The van der Waals surface area contributed by atoms with Crippen molar-refractivity contribution < 1.29 is 18.1 Å². The first kappa shape index (κ1) is 14.5. The summed E-state index contributed by atoms with van der Waals surface area (Å²) in [5, 5.41) is 0.